The summed E-state index contributed by atoms with van der Waals surface area (Å²) in [5.74, 6) is 1.93. The molecule has 1 amide bonds. The molecule has 0 radical (unpaired) electrons. The number of nitrogens with two attached hydrogens (primary N) is 1. The number of carbonyl (C=O) groups excluding carboxylic acids is 1. The first-order chi connectivity index (χ1) is 13.7. The summed E-state index contributed by atoms with van der Waals surface area (Å²) < 4.78 is 0. The van der Waals surface area contributed by atoms with Gasteiger partial charge in [0.1, 0.15) is 11.6 Å². The number of hydrogen-bond acceptors (Lipinski definition) is 6. The molecule has 4 rings (SSSR count). The normalized spacial score (nSPS) is 15.1. The van der Waals surface area contributed by atoms with E-state index in [-0.39, 0.29) is 5.91 Å². The van der Waals surface area contributed by atoms with Gasteiger partial charge < -0.3 is 10.6 Å². The van der Waals surface area contributed by atoms with Crippen molar-refractivity contribution < 1.29 is 4.79 Å². The van der Waals surface area contributed by atoms with E-state index in [2.05, 4.69) is 14.9 Å². The Bertz CT molecular complexity index is 957. The minimum atomic E-state index is 0.194. The molecule has 2 N–H and O–H groups in total. The summed E-state index contributed by atoms with van der Waals surface area (Å²) in [5, 5.41) is 0.887. The standard InChI is InChI=1S/C21H23N5OS/c22-21-17-8-4-5-9-18(17)23-19(24-21)14-25-10-12-26(13-11-25)20(27)15-28-16-6-2-1-3-7-16/h1-9H,10-15H2,(H2,22,23,24). The van der Waals surface area contributed by atoms with Crippen molar-refractivity contribution in [3.8, 4) is 0 Å². The van der Waals surface area contributed by atoms with Crippen molar-refractivity contribution in [3.05, 3.63) is 60.4 Å². The second kappa shape index (κ2) is 8.58. The molecule has 28 heavy (non-hydrogen) atoms. The van der Waals surface area contributed by atoms with Crippen molar-refractivity contribution in [1.82, 2.24) is 19.8 Å². The molecular formula is C21H23N5OS. The van der Waals surface area contributed by atoms with Gasteiger partial charge in [0.05, 0.1) is 17.8 Å². The first kappa shape index (κ1) is 18.7. The number of anilines is 1. The molecular weight excluding hydrogens is 370 g/mol. The summed E-state index contributed by atoms with van der Waals surface area (Å²) in [6.45, 7) is 3.75. The lowest BCUT2D eigenvalue weighted by atomic mass is 10.2. The van der Waals surface area contributed by atoms with E-state index in [0.717, 1.165) is 47.8 Å². The number of nitrogen functional groups attached to an aromatic ring is 1. The van der Waals surface area contributed by atoms with Gasteiger partial charge in [-0.25, -0.2) is 9.97 Å². The molecule has 0 unspecified atom stereocenters. The molecule has 2 heterocycles. The fourth-order valence-corrected chi connectivity index (χ4v) is 4.15. The number of rotatable bonds is 5. The highest BCUT2D eigenvalue weighted by Crippen LogP contribution is 2.19. The molecule has 7 heteroatoms. The lowest BCUT2D eigenvalue weighted by molar-refractivity contribution is -0.130. The molecule has 144 valence electrons. The number of thioether (sulfide) groups is 1. The first-order valence-electron chi connectivity index (χ1n) is 9.38. The van der Waals surface area contributed by atoms with Crippen LogP contribution in [0.2, 0.25) is 0 Å². The number of piperazine rings is 1. The third-order valence-corrected chi connectivity index (χ3v) is 5.87. The van der Waals surface area contributed by atoms with Crippen molar-refractivity contribution in [2.75, 3.05) is 37.7 Å². The monoisotopic (exact) mass is 393 g/mol. The van der Waals surface area contributed by atoms with Crippen LogP contribution in [0.1, 0.15) is 5.82 Å². The maximum Gasteiger partial charge on any atom is 0.233 e. The Labute approximate surface area is 168 Å². The van der Waals surface area contributed by atoms with Gasteiger partial charge in [0.2, 0.25) is 5.91 Å². The number of hydrogen-bond donors (Lipinski definition) is 1. The molecule has 1 fully saturated rings. The van der Waals surface area contributed by atoms with E-state index in [1.165, 1.54) is 0 Å². The number of benzene rings is 2. The highest BCUT2D eigenvalue weighted by atomic mass is 32.2. The van der Waals surface area contributed by atoms with Crippen LogP contribution in [0.3, 0.4) is 0 Å². The maximum absolute atomic E-state index is 12.5. The zero-order chi connectivity index (χ0) is 19.3. The minimum Gasteiger partial charge on any atom is -0.383 e. The Morgan fingerprint density at radius 1 is 0.964 bits per heavy atom. The average molecular weight is 394 g/mol. The van der Waals surface area contributed by atoms with Gasteiger partial charge in [0.15, 0.2) is 0 Å². The van der Waals surface area contributed by atoms with Gasteiger partial charge in [-0.05, 0) is 24.3 Å². The molecule has 3 aromatic rings. The van der Waals surface area contributed by atoms with Crippen molar-refractivity contribution in [3.63, 3.8) is 0 Å². The molecule has 0 spiro atoms. The Morgan fingerprint density at radius 3 is 2.46 bits per heavy atom. The quantitative estimate of drug-likeness (QED) is 0.672. The fraction of sp³-hybridized carbons (Fsp3) is 0.286. The third kappa shape index (κ3) is 4.43. The maximum atomic E-state index is 12.5. The molecule has 1 saturated heterocycles. The Balaban J connectivity index is 1.30. The number of para-hydroxylation sites is 1. The summed E-state index contributed by atoms with van der Waals surface area (Å²) in [7, 11) is 0. The van der Waals surface area contributed by atoms with E-state index in [1.54, 1.807) is 11.8 Å². The van der Waals surface area contributed by atoms with Gasteiger partial charge in [-0.3, -0.25) is 9.69 Å². The van der Waals surface area contributed by atoms with E-state index >= 15 is 0 Å². The number of carbonyl (C=O) groups is 1. The number of aromatic nitrogens is 2. The van der Waals surface area contributed by atoms with Crippen molar-refractivity contribution in [2.45, 2.75) is 11.4 Å². The zero-order valence-corrected chi connectivity index (χ0v) is 16.4. The molecule has 0 bridgehead atoms. The van der Waals surface area contributed by atoms with Crippen LogP contribution in [0.4, 0.5) is 5.82 Å². The summed E-state index contributed by atoms with van der Waals surface area (Å²) in [4.78, 5) is 26.9. The highest BCUT2D eigenvalue weighted by Gasteiger charge is 2.22. The van der Waals surface area contributed by atoms with Crippen LogP contribution in [0.15, 0.2) is 59.5 Å². The third-order valence-electron chi connectivity index (χ3n) is 4.87. The lowest BCUT2D eigenvalue weighted by Crippen LogP contribution is -2.49. The van der Waals surface area contributed by atoms with Crippen LogP contribution in [0.5, 0.6) is 0 Å². The Kier molecular flexibility index (Phi) is 5.73. The van der Waals surface area contributed by atoms with Gasteiger partial charge in [-0.1, -0.05) is 30.3 Å². The molecule has 0 atom stereocenters. The number of fused-ring (bicyclic) bond motifs is 1. The molecule has 1 aliphatic rings. The van der Waals surface area contributed by atoms with E-state index in [4.69, 9.17) is 5.73 Å². The molecule has 0 aliphatic carbocycles. The van der Waals surface area contributed by atoms with Gasteiger partial charge in [0, 0.05) is 36.5 Å². The lowest BCUT2D eigenvalue weighted by Gasteiger charge is -2.34. The summed E-state index contributed by atoms with van der Waals surface area (Å²) in [6, 6.07) is 17.8. The smallest absolute Gasteiger partial charge is 0.233 e. The summed E-state index contributed by atoms with van der Waals surface area (Å²) in [5.41, 5.74) is 6.95. The second-order valence-corrected chi connectivity index (χ2v) is 7.85. The highest BCUT2D eigenvalue weighted by molar-refractivity contribution is 8.00. The van der Waals surface area contributed by atoms with Crippen molar-refractivity contribution in [1.29, 1.82) is 0 Å². The number of amides is 1. The summed E-state index contributed by atoms with van der Waals surface area (Å²) >= 11 is 1.59. The van der Waals surface area contributed by atoms with Crippen molar-refractivity contribution in [2.24, 2.45) is 0 Å². The molecule has 6 nitrogen and oxygen atoms in total. The number of nitrogens with zero attached hydrogens (tertiary/aromatic N) is 4. The predicted molar refractivity (Wildman–Crippen MR) is 113 cm³/mol. The average Bonchev–Trinajstić information content (AvgIpc) is 2.73. The molecule has 1 aromatic heterocycles. The van der Waals surface area contributed by atoms with Gasteiger partial charge >= 0.3 is 0 Å². The molecule has 2 aromatic carbocycles. The second-order valence-electron chi connectivity index (χ2n) is 6.80. The van der Waals surface area contributed by atoms with E-state index in [1.807, 2.05) is 59.5 Å². The van der Waals surface area contributed by atoms with Crippen LogP contribution in [-0.2, 0) is 11.3 Å². The Hall–Kier alpha value is -2.64. The van der Waals surface area contributed by atoms with Crippen molar-refractivity contribution >= 4 is 34.4 Å². The van der Waals surface area contributed by atoms with Gasteiger partial charge in [0.25, 0.3) is 0 Å². The minimum absolute atomic E-state index is 0.194. The van der Waals surface area contributed by atoms with Gasteiger partial charge in [-0.15, -0.1) is 11.8 Å². The fourth-order valence-electron chi connectivity index (χ4n) is 3.33. The van der Waals surface area contributed by atoms with Crippen LogP contribution in [0, 0.1) is 0 Å². The van der Waals surface area contributed by atoms with Crippen LogP contribution in [0.25, 0.3) is 10.9 Å². The van der Waals surface area contributed by atoms with E-state index < -0.39 is 0 Å². The molecule has 1 aliphatic heterocycles. The Morgan fingerprint density at radius 2 is 1.68 bits per heavy atom. The SMILES string of the molecule is Nc1nc(CN2CCN(C(=O)CSc3ccccc3)CC2)nc2ccccc12. The largest absolute Gasteiger partial charge is 0.383 e. The van der Waals surface area contributed by atoms with Crippen LogP contribution >= 0.6 is 11.8 Å². The molecule has 0 saturated carbocycles. The van der Waals surface area contributed by atoms with Crippen LogP contribution < -0.4 is 5.73 Å². The van der Waals surface area contributed by atoms with E-state index in [0.29, 0.717) is 18.1 Å². The predicted octanol–water partition coefficient (Wildman–Crippen LogP) is 2.65. The summed E-state index contributed by atoms with van der Waals surface area (Å²) in [6.07, 6.45) is 0. The first-order valence-corrected chi connectivity index (χ1v) is 10.4. The zero-order valence-electron chi connectivity index (χ0n) is 15.6. The van der Waals surface area contributed by atoms with E-state index in [9.17, 15) is 4.79 Å². The van der Waals surface area contributed by atoms with Gasteiger partial charge in [-0.2, -0.15) is 0 Å². The van der Waals surface area contributed by atoms with Crippen LogP contribution in [-0.4, -0.2) is 57.6 Å². The topological polar surface area (TPSA) is 75.3 Å².